The third-order valence-electron chi connectivity index (χ3n) is 4.65. The molecule has 6 heteroatoms. The first kappa shape index (κ1) is 17.2. The van der Waals surface area contributed by atoms with Gasteiger partial charge in [0.05, 0.1) is 0 Å². The van der Waals surface area contributed by atoms with Crippen molar-refractivity contribution in [3.05, 3.63) is 0 Å². The zero-order valence-corrected chi connectivity index (χ0v) is 14.5. The van der Waals surface area contributed by atoms with Crippen molar-refractivity contribution in [2.45, 2.75) is 40.0 Å². The van der Waals surface area contributed by atoms with Gasteiger partial charge in [-0.05, 0) is 50.1 Å². The van der Waals surface area contributed by atoms with E-state index in [-0.39, 0.29) is 0 Å². The Bertz CT molecular complexity index is 417. The van der Waals surface area contributed by atoms with Crippen molar-refractivity contribution < 1.29 is 8.42 Å². The van der Waals surface area contributed by atoms with E-state index >= 15 is 0 Å². The molecule has 21 heavy (non-hydrogen) atoms. The normalized spacial score (nSPS) is 33.2. The number of piperidine rings is 2. The van der Waals surface area contributed by atoms with Gasteiger partial charge in [-0.15, -0.1) is 0 Å². The Morgan fingerprint density at radius 1 is 1.10 bits per heavy atom. The first-order valence-corrected chi connectivity index (χ1v) is 9.79. The topological polar surface area (TPSA) is 52.7 Å². The first-order chi connectivity index (χ1) is 9.93. The van der Waals surface area contributed by atoms with Gasteiger partial charge in [-0.3, -0.25) is 0 Å². The molecule has 3 unspecified atom stereocenters. The summed E-state index contributed by atoms with van der Waals surface area (Å²) in [6.07, 6.45) is 3.25. The maximum absolute atomic E-state index is 12.9. The molecule has 3 atom stereocenters. The predicted molar refractivity (Wildman–Crippen MR) is 86.3 cm³/mol. The van der Waals surface area contributed by atoms with E-state index in [1.54, 1.807) is 8.61 Å². The highest BCUT2D eigenvalue weighted by molar-refractivity contribution is 7.86. The summed E-state index contributed by atoms with van der Waals surface area (Å²) in [5.74, 6) is 1.38. The van der Waals surface area contributed by atoms with Gasteiger partial charge < -0.3 is 5.32 Å². The zero-order valence-electron chi connectivity index (χ0n) is 13.7. The summed E-state index contributed by atoms with van der Waals surface area (Å²) in [6.45, 7) is 11.0. The number of nitrogens with zero attached hydrogens (tertiary/aromatic N) is 2. The first-order valence-electron chi connectivity index (χ1n) is 8.39. The zero-order chi connectivity index (χ0) is 15.5. The van der Waals surface area contributed by atoms with Crippen molar-refractivity contribution in [1.29, 1.82) is 0 Å². The maximum atomic E-state index is 12.9. The van der Waals surface area contributed by atoms with Gasteiger partial charge in [-0.2, -0.15) is 17.0 Å². The molecule has 0 aliphatic carbocycles. The summed E-state index contributed by atoms with van der Waals surface area (Å²) in [6, 6.07) is 0. The molecule has 1 N–H and O–H groups in total. The van der Waals surface area contributed by atoms with Crippen molar-refractivity contribution in [1.82, 2.24) is 13.9 Å². The highest BCUT2D eigenvalue weighted by atomic mass is 32.2. The molecule has 0 radical (unpaired) electrons. The number of nitrogens with one attached hydrogen (secondary N) is 1. The number of hydrogen-bond donors (Lipinski definition) is 1. The second kappa shape index (κ2) is 7.40. The van der Waals surface area contributed by atoms with Crippen LogP contribution in [0.1, 0.15) is 40.0 Å². The van der Waals surface area contributed by atoms with Crippen molar-refractivity contribution in [2.24, 2.45) is 17.8 Å². The van der Waals surface area contributed by atoms with Crippen LogP contribution in [0.5, 0.6) is 0 Å². The summed E-state index contributed by atoms with van der Waals surface area (Å²) in [5, 5.41) is 3.35. The van der Waals surface area contributed by atoms with Crippen molar-refractivity contribution in [3.63, 3.8) is 0 Å². The van der Waals surface area contributed by atoms with Gasteiger partial charge in [-0.25, -0.2) is 0 Å². The SMILES string of the molecule is CCNCC1CCCN(S(=O)(=O)N2CC(C)CC(C)C2)C1. The summed E-state index contributed by atoms with van der Waals surface area (Å²) in [7, 11) is -3.27. The van der Waals surface area contributed by atoms with Gasteiger partial charge in [0.15, 0.2) is 0 Å². The minimum atomic E-state index is -3.27. The highest BCUT2D eigenvalue weighted by Gasteiger charge is 2.36. The van der Waals surface area contributed by atoms with Crippen LogP contribution < -0.4 is 5.32 Å². The van der Waals surface area contributed by atoms with Gasteiger partial charge in [0.2, 0.25) is 0 Å². The fourth-order valence-electron chi connectivity index (χ4n) is 3.71. The van der Waals surface area contributed by atoms with E-state index in [9.17, 15) is 8.42 Å². The number of hydrogen-bond acceptors (Lipinski definition) is 3. The van der Waals surface area contributed by atoms with E-state index < -0.39 is 10.2 Å². The van der Waals surface area contributed by atoms with E-state index in [0.717, 1.165) is 32.4 Å². The van der Waals surface area contributed by atoms with Crippen LogP contribution in [0.25, 0.3) is 0 Å². The Balaban J connectivity index is 2.01. The summed E-state index contributed by atoms with van der Waals surface area (Å²) < 4.78 is 29.2. The molecule has 0 amide bonds. The van der Waals surface area contributed by atoms with Gasteiger partial charge in [0, 0.05) is 26.2 Å². The van der Waals surface area contributed by atoms with Gasteiger partial charge in [-0.1, -0.05) is 20.8 Å². The van der Waals surface area contributed by atoms with Crippen LogP contribution in [0.4, 0.5) is 0 Å². The van der Waals surface area contributed by atoms with Crippen LogP contribution >= 0.6 is 0 Å². The lowest BCUT2D eigenvalue weighted by molar-refractivity contribution is 0.193. The van der Waals surface area contributed by atoms with Crippen LogP contribution in [0.15, 0.2) is 0 Å². The lowest BCUT2D eigenvalue weighted by Crippen LogP contribution is -2.52. The molecule has 2 aliphatic heterocycles. The molecule has 0 saturated carbocycles. The van der Waals surface area contributed by atoms with Gasteiger partial charge in [0.1, 0.15) is 0 Å². The van der Waals surface area contributed by atoms with Gasteiger partial charge >= 0.3 is 0 Å². The summed E-state index contributed by atoms with van der Waals surface area (Å²) in [4.78, 5) is 0. The Kier molecular flexibility index (Phi) is 6.05. The molecule has 2 fully saturated rings. The van der Waals surface area contributed by atoms with Crippen molar-refractivity contribution in [3.8, 4) is 0 Å². The third kappa shape index (κ3) is 4.41. The molecule has 2 heterocycles. The quantitative estimate of drug-likeness (QED) is 0.837. The molecule has 0 aromatic carbocycles. The van der Waals surface area contributed by atoms with E-state index in [0.29, 0.717) is 43.9 Å². The highest BCUT2D eigenvalue weighted by Crippen LogP contribution is 2.27. The van der Waals surface area contributed by atoms with Crippen LogP contribution in [0.3, 0.4) is 0 Å². The molecule has 2 rings (SSSR count). The van der Waals surface area contributed by atoms with E-state index in [1.807, 2.05) is 0 Å². The van der Waals surface area contributed by atoms with Crippen molar-refractivity contribution >= 4 is 10.2 Å². The maximum Gasteiger partial charge on any atom is 0.282 e. The smallest absolute Gasteiger partial charge is 0.282 e. The lowest BCUT2D eigenvalue weighted by atomic mass is 9.94. The average molecular weight is 317 g/mol. The molecule has 5 nitrogen and oxygen atoms in total. The monoisotopic (exact) mass is 317 g/mol. The van der Waals surface area contributed by atoms with E-state index in [1.165, 1.54) is 0 Å². The van der Waals surface area contributed by atoms with Crippen LogP contribution in [0, 0.1) is 17.8 Å². The molecule has 0 aromatic heterocycles. The Morgan fingerprint density at radius 3 is 2.38 bits per heavy atom. The number of rotatable bonds is 5. The Labute approximate surface area is 130 Å². The molecule has 2 aliphatic rings. The standard InChI is InChI=1S/C15H31N3O2S/c1-4-16-9-15-6-5-7-17(12-15)21(19,20)18-10-13(2)8-14(3)11-18/h13-16H,4-12H2,1-3H3. The van der Waals surface area contributed by atoms with Gasteiger partial charge in [0.25, 0.3) is 10.2 Å². The van der Waals surface area contributed by atoms with E-state index in [2.05, 4.69) is 26.1 Å². The Hall–Kier alpha value is -0.170. The van der Waals surface area contributed by atoms with Crippen LogP contribution in [-0.4, -0.2) is 56.3 Å². The minimum absolute atomic E-state index is 0.452. The lowest BCUT2D eigenvalue weighted by Gasteiger charge is -2.39. The average Bonchev–Trinajstić information content (AvgIpc) is 2.44. The molecular formula is C15H31N3O2S. The second-order valence-electron chi connectivity index (χ2n) is 6.94. The van der Waals surface area contributed by atoms with Crippen LogP contribution in [-0.2, 0) is 10.2 Å². The fourth-order valence-corrected chi connectivity index (χ4v) is 5.68. The molecule has 2 saturated heterocycles. The molecule has 124 valence electrons. The second-order valence-corrected chi connectivity index (χ2v) is 8.87. The Morgan fingerprint density at radius 2 is 1.76 bits per heavy atom. The summed E-state index contributed by atoms with van der Waals surface area (Å²) >= 11 is 0. The third-order valence-corrected chi connectivity index (χ3v) is 6.59. The fraction of sp³-hybridized carbons (Fsp3) is 1.00. The molecule has 0 spiro atoms. The van der Waals surface area contributed by atoms with Crippen LogP contribution in [0.2, 0.25) is 0 Å². The minimum Gasteiger partial charge on any atom is -0.317 e. The molecule has 0 bridgehead atoms. The largest absolute Gasteiger partial charge is 0.317 e. The predicted octanol–water partition coefficient (Wildman–Crippen LogP) is 1.53. The summed E-state index contributed by atoms with van der Waals surface area (Å²) in [5.41, 5.74) is 0. The van der Waals surface area contributed by atoms with E-state index in [4.69, 9.17) is 0 Å². The molecular weight excluding hydrogens is 286 g/mol. The molecule has 0 aromatic rings. The van der Waals surface area contributed by atoms with Crippen molar-refractivity contribution in [2.75, 3.05) is 39.3 Å².